The first kappa shape index (κ1) is 12.7. The lowest BCUT2D eigenvalue weighted by Crippen LogP contribution is -2.19. The van der Waals surface area contributed by atoms with Crippen molar-refractivity contribution < 1.29 is 19.4 Å². The van der Waals surface area contributed by atoms with Crippen LogP contribution in [0.1, 0.15) is 18.4 Å². The first-order valence-corrected chi connectivity index (χ1v) is 6.07. The Morgan fingerprint density at radius 3 is 2.94 bits per heavy atom. The molecular formula is C13H17NO4. The van der Waals surface area contributed by atoms with E-state index in [0.717, 1.165) is 31.0 Å². The fraction of sp³-hybridized carbons (Fsp3) is 0.462. The molecule has 0 unspecified atom stereocenters. The highest BCUT2D eigenvalue weighted by atomic mass is 16.7. The Kier molecular flexibility index (Phi) is 4.41. The van der Waals surface area contributed by atoms with Crippen LogP contribution in [0.3, 0.4) is 0 Å². The van der Waals surface area contributed by atoms with Crippen LogP contribution in [0, 0.1) is 0 Å². The molecule has 2 N–H and O–H groups in total. The second kappa shape index (κ2) is 6.26. The average Bonchev–Trinajstić information content (AvgIpc) is 2.80. The Balaban J connectivity index is 1.66. The quantitative estimate of drug-likeness (QED) is 0.717. The summed E-state index contributed by atoms with van der Waals surface area (Å²) >= 11 is 0. The number of nitrogens with one attached hydrogen (secondary N) is 1. The van der Waals surface area contributed by atoms with E-state index < -0.39 is 5.97 Å². The van der Waals surface area contributed by atoms with Crippen LogP contribution >= 0.6 is 0 Å². The van der Waals surface area contributed by atoms with E-state index in [1.165, 1.54) is 5.56 Å². The minimum absolute atomic E-state index is 0.219. The molecule has 0 amide bonds. The average molecular weight is 251 g/mol. The molecule has 0 radical (unpaired) electrons. The maximum Gasteiger partial charge on any atom is 0.303 e. The topological polar surface area (TPSA) is 67.8 Å². The van der Waals surface area contributed by atoms with Gasteiger partial charge in [-0.15, -0.1) is 0 Å². The van der Waals surface area contributed by atoms with Gasteiger partial charge in [-0.1, -0.05) is 6.07 Å². The second-order valence-corrected chi connectivity index (χ2v) is 4.18. The summed E-state index contributed by atoms with van der Waals surface area (Å²) in [5.41, 5.74) is 1.19. The first-order valence-electron chi connectivity index (χ1n) is 6.07. The maximum absolute atomic E-state index is 10.3. The molecule has 2 rings (SSSR count). The predicted octanol–water partition coefficient (Wildman–Crippen LogP) is 1.41. The Morgan fingerprint density at radius 2 is 2.11 bits per heavy atom. The number of benzene rings is 1. The number of ether oxygens (including phenoxy) is 2. The highest BCUT2D eigenvalue weighted by Crippen LogP contribution is 2.32. The van der Waals surface area contributed by atoms with Gasteiger partial charge < -0.3 is 19.9 Å². The summed E-state index contributed by atoms with van der Waals surface area (Å²) < 4.78 is 10.5. The zero-order chi connectivity index (χ0) is 12.8. The van der Waals surface area contributed by atoms with Crippen LogP contribution in [0.2, 0.25) is 0 Å². The molecule has 0 aromatic heterocycles. The van der Waals surface area contributed by atoms with E-state index in [9.17, 15) is 4.79 Å². The molecule has 1 aromatic carbocycles. The summed E-state index contributed by atoms with van der Waals surface area (Å²) in [4.78, 5) is 10.3. The van der Waals surface area contributed by atoms with E-state index in [4.69, 9.17) is 14.6 Å². The molecule has 0 saturated heterocycles. The summed E-state index contributed by atoms with van der Waals surface area (Å²) in [6.45, 7) is 1.86. The Bertz CT molecular complexity index is 419. The van der Waals surface area contributed by atoms with Gasteiger partial charge in [-0.05, 0) is 43.6 Å². The number of rotatable bonds is 7. The fourth-order valence-electron chi connectivity index (χ4n) is 1.82. The third kappa shape index (κ3) is 3.63. The number of carboxylic acid groups (broad SMARTS) is 1. The second-order valence-electron chi connectivity index (χ2n) is 4.18. The van der Waals surface area contributed by atoms with Crippen molar-refractivity contribution in [1.82, 2.24) is 5.32 Å². The molecule has 0 fully saturated rings. The molecule has 0 atom stereocenters. The summed E-state index contributed by atoms with van der Waals surface area (Å²) in [6.07, 6.45) is 1.78. The van der Waals surface area contributed by atoms with Crippen molar-refractivity contribution in [2.45, 2.75) is 19.3 Å². The van der Waals surface area contributed by atoms with Crippen LogP contribution < -0.4 is 14.8 Å². The summed E-state index contributed by atoms with van der Waals surface area (Å²) in [5, 5.41) is 11.7. The van der Waals surface area contributed by atoms with Gasteiger partial charge in [-0.3, -0.25) is 4.79 Å². The van der Waals surface area contributed by atoms with Crippen molar-refractivity contribution in [3.8, 4) is 11.5 Å². The monoisotopic (exact) mass is 251 g/mol. The zero-order valence-corrected chi connectivity index (χ0v) is 10.1. The lowest BCUT2D eigenvalue weighted by molar-refractivity contribution is -0.137. The van der Waals surface area contributed by atoms with Gasteiger partial charge in [0.25, 0.3) is 0 Å². The summed E-state index contributed by atoms with van der Waals surface area (Å²) in [7, 11) is 0. The first-order chi connectivity index (χ1) is 8.75. The number of hydrogen-bond acceptors (Lipinski definition) is 4. The van der Waals surface area contributed by atoms with Gasteiger partial charge in [0.15, 0.2) is 11.5 Å². The maximum atomic E-state index is 10.3. The largest absolute Gasteiger partial charge is 0.481 e. The van der Waals surface area contributed by atoms with Crippen LogP contribution in [0.4, 0.5) is 0 Å². The zero-order valence-electron chi connectivity index (χ0n) is 10.1. The molecule has 1 aromatic rings. The molecule has 98 valence electrons. The minimum atomic E-state index is -0.743. The standard InChI is InChI=1S/C13H17NO4/c15-13(16)2-1-6-14-7-5-10-3-4-11-12(8-10)18-9-17-11/h3-4,8,14H,1-2,5-7,9H2,(H,15,16). The van der Waals surface area contributed by atoms with Gasteiger partial charge in [0.1, 0.15) is 0 Å². The lowest BCUT2D eigenvalue weighted by Gasteiger charge is -2.05. The van der Waals surface area contributed by atoms with Crippen molar-refractivity contribution in [3.05, 3.63) is 23.8 Å². The summed E-state index contributed by atoms with van der Waals surface area (Å²) in [6, 6.07) is 5.93. The SMILES string of the molecule is O=C(O)CCCNCCc1ccc2c(c1)OCO2. The third-order valence-corrected chi connectivity index (χ3v) is 2.77. The Hall–Kier alpha value is -1.75. The van der Waals surface area contributed by atoms with Crippen molar-refractivity contribution in [1.29, 1.82) is 0 Å². The molecule has 1 aliphatic rings. The van der Waals surface area contributed by atoms with Gasteiger partial charge in [0, 0.05) is 6.42 Å². The van der Waals surface area contributed by atoms with E-state index >= 15 is 0 Å². The van der Waals surface area contributed by atoms with Crippen molar-refractivity contribution in [3.63, 3.8) is 0 Å². The number of aliphatic carboxylic acids is 1. The van der Waals surface area contributed by atoms with E-state index in [-0.39, 0.29) is 6.42 Å². The Morgan fingerprint density at radius 1 is 1.28 bits per heavy atom. The molecule has 5 nitrogen and oxygen atoms in total. The third-order valence-electron chi connectivity index (χ3n) is 2.77. The number of carbonyl (C=O) groups is 1. The highest BCUT2D eigenvalue weighted by molar-refractivity contribution is 5.66. The van der Waals surface area contributed by atoms with Gasteiger partial charge in [-0.2, -0.15) is 0 Å². The minimum Gasteiger partial charge on any atom is -0.481 e. The smallest absolute Gasteiger partial charge is 0.303 e. The molecule has 0 bridgehead atoms. The van der Waals surface area contributed by atoms with Crippen molar-refractivity contribution >= 4 is 5.97 Å². The van der Waals surface area contributed by atoms with Crippen LogP contribution in [0.15, 0.2) is 18.2 Å². The van der Waals surface area contributed by atoms with Crippen LogP contribution in [-0.4, -0.2) is 31.0 Å². The summed E-state index contributed by atoms with van der Waals surface area (Å²) in [5.74, 6) is 0.860. The molecule has 18 heavy (non-hydrogen) atoms. The van der Waals surface area contributed by atoms with Gasteiger partial charge in [-0.25, -0.2) is 0 Å². The molecular weight excluding hydrogens is 234 g/mol. The Labute approximate surface area is 106 Å². The van der Waals surface area contributed by atoms with Crippen molar-refractivity contribution in [2.75, 3.05) is 19.9 Å². The van der Waals surface area contributed by atoms with Gasteiger partial charge in [0.2, 0.25) is 6.79 Å². The van der Waals surface area contributed by atoms with E-state index in [1.54, 1.807) is 0 Å². The fourth-order valence-corrected chi connectivity index (χ4v) is 1.82. The van der Waals surface area contributed by atoms with Crippen LogP contribution in [-0.2, 0) is 11.2 Å². The molecule has 5 heteroatoms. The van der Waals surface area contributed by atoms with Crippen molar-refractivity contribution in [2.24, 2.45) is 0 Å². The number of hydrogen-bond donors (Lipinski definition) is 2. The molecule has 1 aliphatic heterocycles. The van der Waals surface area contributed by atoms with Crippen LogP contribution in [0.5, 0.6) is 11.5 Å². The van der Waals surface area contributed by atoms with E-state index in [2.05, 4.69) is 5.32 Å². The van der Waals surface area contributed by atoms with E-state index in [1.807, 2.05) is 18.2 Å². The highest BCUT2D eigenvalue weighted by Gasteiger charge is 2.12. The van der Waals surface area contributed by atoms with E-state index in [0.29, 0.717) is 13.2 Å². The van der Waals surface area contributed by atoms with Crippen LogP contribution in [0.25, 0.3) is 0 Å². The molecule has 0 spiro atoms. The number of carboxylic acids is 1. The predicted molar refractivity (Wildman–Crippen MR) is 66.0 cm³/mol. The molecule has 0 saturated carbocycles. The lowest BCUT2D eigenvalue weighted by atomic mass is 10.1. The normalized spacial score (nSPS) is 12.7. The van der Waals surface area contributed by atoms with Gasteiger partial charge in [0.05, 0.1) is 0 Å². The number of fused-ring (bicyclic) bond motifs is 1. The molecule has 1 heterocycles. The molecule has 0 aliphatic carbocycles. The van der Waals surface area contributed by atoms with Gasteiger partial charge >= 0.3 is 5.97 Å².